The first-order valence-electron chi connectivity index (χ1n) is 14.4. The highest BCUT2D eigenvalue weighted by Crippen LogP contribution is 2.46. The molecule has 0 radical (unpaired) electrons. The van der Waals surface area contributed by atoms with E-state index in [9.17, 15) is 0 Å². The summed E-state index contributed by atoms with van der Waals surface area (Å²) in [5.74, 6) is 0. The third-order valence-corrected chi connectivity index (χ3v) is 8.61. The predicted octanol–water partition coefficient (Wildman–Crippen LogP) is 11.7. The summed E-state index contributed by atoms with van der Waals surface area (Å²) in [4.78, 5) is 2.35. The fourth-order valence-corrected chi connectivity index (χ4v) is 6.76. The Morgan fingerprint density at radius 2 is 0.952 bits per heavy atom. The van der Waals surface area contributed by atoms with Gasteiger partial charge < -0.3 is 9.32 Å². The number of benzene rings is 8. The van der Waals surface area contributed by atoms with E-state index >= 15 is 0 Å². The number of hydrogen-bond donors (Lipinski definition) is 0. The molecule has 0 aliphatic carbocycles. The highest BCUT2D eigenvalue weighted by molar-refractivity contribution is 6.24. The molecule has 0 saturated heterocycles. The van der Waals surface area contributed by atoms with Crippen LogP contribution in [0, 0.1) is 0 Å². The molecule has 1 heterocycles. The Hall–Kier alpha value is -5.60. The maximum absolute atomic E-state index is 6.71. The van der Waals surface area contributed by atoms with Gasteiger partial charge >= 0.3 is 0 Å². The Morgan fingerprint density at radius 1 is 0.357 bits per heavy atom. The molecular weight excluding hydrogens is 510 g/mol. The molecule has 0 spiro atoms. The summed E-state index contributed by atoms with van der Waals surface area (Å²) in [5.41, 5.74) is 5.01. The molecule has 0 atom stereocenters. The number of anilines is 3. The first kappa shape index (κ1) is 23.1. The summed E-state index contributed by atoms with van der Waals surface area (Å²) in [6.07, 6.45) is 0. The lowest BCUT2D eigenvalue weighted by atomic mass is 9.95. The molecule has 0 amide bonds. The Labute approximate surface area is 242 Å². The zero-order valence-corrected chi connectivity index (χ0v) is 22.8. The van der Waals surface area contributed by atoms with Gasteiger partial charge in [0.05, 0.1) is 11.4 Å². The smallest absolute Gasteiger partial charge is 0.159 e. The Balaban J connectivity index is 1.38. The van der Waals surface area contributed by atoms with Crippen LogP contribution in [0.1, 0.15) is 0 Å². The van der Waals surface area contributed by atoms with E-state index in [-0.39, 0.29) is 0 Å². The average molecular weight is 536 g/mol. The quantitative estimate of drug-likeness (QED) is 0.209. The van der Waals surface area contributed by atoms with Crippen LogP contribution in [0.15, 0.2) is 156 Å². The second-order valence-electron chi connectivity index (χ2n) is 10.9. The minimum atomic E-state index is 0.885. The van der Waals surface area contributed by atoms with E-state index in [1.807, 2.05) is 0 Å². The molecule has 0 aliphatic heterocycles. The molecule has 0 N–H and O–H groups in total. The van der Waals surface area contributed by atoms with Crippen LogP contribution < -0.4 is 4.90 Å². The third kappa shape index (κ3) is 3.33. The molecule has 196 valence electrons. The fourth-order valence-electron chi connectivity index (χ4n) is 6.76. The summed E-state index contributed by atoms with van der Waals surface area (Å²) < 4.78 is 6.71. The van der Waals surface area contributed by atoms with Crippen molar-refractivity contribution in [3.05, 3.63) is 152 Å². The zero-order chi connectivity index (χ0) is 27.6. The van der Waals surface area contributed by atoms with Crippen molar-refractivity contribution in [3.63, 3.8) is 0 Å². The van der Waals surface area contributed by atoms with E-state index in [1.165, 1.54) is 43.1 Å². The van der Waals surface area contributed by atoms with Crippen molar-refractivity contribution >= 4 is 82.1 Å². The van der Waals surface area contributed by atoms with Crippen LogP contribution in [-0.2, 0) is 0 Å². The fraction of sp³-hybridized carbons (Fsp3) is 0. The van der Waals surface area contributed by atoms with Crippen molar-refractivity contribution in [2.75, 3.05) is 4.90 Å². The number of fused-ring (bicyclic) bond motifs is 10. The van der Waals surface area contributed by atoms with Crippen LogP contribution in [-0.4, -0.2) is 0 Å². The van der Waals surface area contributed by atoms with Crippen molar-refractivity contribution in [1.29, 1.82) is 0 Å². The monoisotopic (exact) mass is 535 g/mol. The van der Waals surface area contributed by atoms with Gasteiger partial charge in [-0.2, -0.15) is 0 Å². The third-order valence-electron chi connectivity index (χ3n) is 8.61. The topological polar surface area (TPSA) is 16.4 Å². The maximum Gasteiger partial charge on any atom is 0.159 e. The molecule has 0 saturated carbocycles. The minimum Gasteiger partial charge on any atom is -0.454 e. The summed E-state index contributed by atoms with van der Waals surface area (Å²) in [6.45, 7) is 0. The first-order valence-corrected chi connectivity index (χ1v) is 14.4. The van der Waals surface area contributed by atoms with Crippen molar-refractivity contribution in [2.45, 2.75) is 0 Å². The number of nitrogens with zero attached hydrogens (tertiary/aromatic N) is 1. The van der Waals surface area contributed by atoms with Crippen molar-refractivity contribution in [1.82, 2.24) is 0 Å². The Kier molecular flexibility index (Phi) is 4.93. The van der Waals surface area contributed by atoms with Gasteiger partial charge in [-0.05, 0) is 68.0 Å². The van der Waals surface area contributed by atoms with E-state index < -0.39 is 0 Å². The number of hydrogen-bond acceptors (Lipinski definition) is 2. The summed E-state index contributed by atoms with van der Waals surface area (Å²) in [6, 6.07) is 54.2. The second-order valence-corrected chi connectivity index (χ2v) is 10.9. The molecule has 42 heavy (non-hydrogen) atoms. The molecule has 2 nitrogen and oxygen atoms in total. The van der Waals surface area contributed by atoms with Crippen LogP contribution in [0.5, 0.6) is 0 Å². The largest absolute Gasteiger partial charge is 0.454 e. The summed E-state index contributed by atoms with van der Waals surface area (Å²) in [7, 11) is 0. The lowest BCUT2D eigenvalue weighted by Gasteiger charge is -2.27. The Morgan fingerprint density at radius 3 is 1.76 bits per heavy atom. The second kappa shape index (κ2) is 8.95. The van der Waals surface area contributed by atoms with E-state index in [0.717, 1.165) is 39.0 Å². The van der Waals surface area contributed by atoms with E-state index in [0.29, 0.717) is 0 Å². The zero-order valence-electron chi connectivity index (χ0n) is 22.8. The molecule has 2 heteroatoms. The van der Waals surface area contributed by atoms with Gasteiger partial charge in [-0.1, -0.05) is 121 Å². The van der Waals surface area contributed by atoms with Crippen molar-refractivity contribution < 1.29 is 4.42 Å². The van der Waals surface area contributed by atoms with Gasteiger partial charge in [0.15, 0.2) is 5.58 Å². The first-order chi connectivity index (χ1) is 20.8. The Bertz CT molecular complexity index is 2470. The van der Waals surface area contributed by atoms with E-state index in [4.69, 9.17) is 4.42 Å². The van der Waals surface area contributed by atoms with E-state index in [2.05, 4.69) is 157 Å². The maximum atomic E-state index is 6.71. The minimum absolute atomic E-state index is 0.885. The molecule has 0 bridgehead atoms. The average Bonchev–Trinajstić information content (AvgIpc) is 3.45. The molecular formula is C40H25NO. The molecule has 0 aliphatic rings. The van der Waals surface area contributed by atoms with Crippen LogP contribution in [0.3, 0.4) is 0 Å². The van der Waals surface area contributed by atoms with Crippen molar-refractivity contribution in [2.24, 2.45) is 0 Å². The van der Waals surface area contributed by atoms with Crippen LogP contribution in [0.25, 0.3) is 65.0 Å². The molecule has 9 aromatic rings. The molecule has 0 unspecified atom stereocenters. The summed E-state index contributed by atoms with van der Waals surface area (Å²) >= 11 is 0. The van der Waals surface area contributed by atoms with Gasteiger partial charge in [0.1, 0.15) is 5.58 Å². The van der Waals surface area contributed by atoms with Gasteiger partial charge in [0.2, 0.25) is 0 Å². The van der Waals surface area contributed by atoms with Gasteiger partial charge in [-0.15, -0.1) is 0 Å². The predicted molar refractivity (Wildman–Crippen MR) is 178 cm³/mol. The van der Waals surface area contributed by atoms with E-state index in [1.54, 1.807) is 0 Å². The molecule has 1 aromatic heterocycles. The molecule has 0 fully saturated rings. The standard InChI is InChI=1S/C40H25NO/c1-2-12-29(13-3-1)41(36-19-9-17-34-39-31-15-7-5-11-27(31)23-25-37(39)42-40(34)36)35-18-8-16-33-32(35)24-22-28-21-20-26-10-4-6-14-30(26)38(28)33/h1-25H. The summed E-state index contributed by atoms with van der Waals surface area (Å²) in [5, 5.41) is 12.2. The SMILES string of the molecule is c1ccc(N(c2cccc3c2ccc2ccc4ccccc4c23)c2cccc3c2oc2ccc4ccccc4c23)cc1. The number of furan rings is 1. The molecule has 9 rings (SSSR count). The molecule has 8 aromatic carbocycles. The van der Waals surface area contributed by atoms with Gasteiger partial charge in [-0.3, -0.25) is 0 Å². The van der Waals surface area contributed by atoms with Gasteiger partial charge in [0.25, 0.3) is 0 Å². The lowest BCUT2D eigenvalue weighted by molar-refractivity contribution is 0.669. The van der Waals surface area contributed by atoms with Gasteiger partial charge in [0, 0.05) is 21.8 Å². The van der Waals surface area contributed by atoms with Crippen LogP contribution in [0.2, 0.25) is 0 Å². The van der Waals surface area contributed by atoms with Crippen LogP contribution in [0.4, 0.5) is 17.1 Å². The van der Waals surface area contributed by atoms with Crippen LogP contribution >= 0.6 is 0 Å². The van der Waals surface area contributed by atoms with Crippen molar-refractivity contribution in [3.8, 4) is 0 Å². The normalized spacial score (nSPS) is 11.8. The van der Waals surface area contributed by atoms with Gasteiger partial charge in [-0.25, -0.2) is 0 Å². The highest BCUT2D eigenvalue weighted by Gasteiger charge is 2.22. The highest BCUT2D eigenvalue weighted by atomic mass is 16.3. The lowest BCUT2D eigenvalue weighted by Crippen LogP contribution is -2.10. The number of rotatable bonds is 3. The number of para-hydroxylation sites is 2.